The van der Waals surface area contributed by atoms with Crippen LogP contribution in [-0.4, -0.2) is 39.1 Å². The summed E-state index contributed by atoms with van der Waals surface area (Å²) in [7, 11) is 3.29. The Labute approximate surface area is 206 Å². The Morgan fingerprint density at radius 3 is 2.34 bits per heavy atom. The van der Waals surface area contributed by atoms with Crippen LogP contribution in [0.2, 0.25) is 0 Å². The largest absolute Gasteiger partial charge is 0.497 e. The molecule has 0 saturated carbocycles. The number of hydrogen-bond acceptors (Lipinski definition) is 8. The summed E-state index contributed by atoms with van der Waals surface area (Å²) < 4.78 is 18.5. The molecule has 0 bridgehead atoms. The quantitative estimate of drug-likeness (QED) is 0.253. The van der Waals surface area contributed by atoms with Crippen molar-refractivity contribution in [1.29, 1.82) is 0 Å². The van der Waals surface area contributed by atoms with Gasteiger partial charge in [-0.2, -0.15) is 4.98 Å². The zero-order valence-electron chi connectivity index (χ0n) is 19.5. The lowest BCUT2D eigenvalue weighted by atomic mass is 10.2. The van der Waals surface area contributed by atoms with E-state index in [9.17, 15) is 0 Å². The van der Waals surface area contributed by atoms with Crippen LogP contribution >= 0.6 is 11.8 Å². The van der Waals surface area contributed by atoms with Crippen molar-refractivity contribution in [1.82, 2.24) is 24.9 Å². The number of para-hydroxylation sites is 1. The van der Waals surface area contributed by atoms with E-state index in [-0.39, 0.29) is 5.25 Å². The molecule has 1 atom stereocenters. The van der Waals surface area contributed by atoms with Gasteiger partial charge in [-0.15, -0.1) is 10.2 Å². The zero-order chi connectivity index (χ0) is 24.2. The normalized spacial score (nSPS) is 11.9. The Morgan fingerprint density at radius 2 is 1.60 bits per heavy atom. The van der Waals surface area contributed by atoms with Gasteiger partial charge in [0.15, 0.2) is 11.0 Å². The second-order valence-corrected chi connectivity index (χ2v) is 8.93. The van der Waals surface area contributed by atoms with E-state index in [1.165, 1.54) is 11.8 Å². The van der Waals surface area contributed by atoms with Gasteiger partial charge in [-0.1, -0.05) is 59.4 Å². The van der Waals surface area contributed by atoms with Gasteiger partial charge < -0.3 is 14.0 Å². The highest BCUT2D eigenvalue weighted by Crippen LogP contribution is 2.38. The fourth-order valence-electron chi connectivity index (χ4n) is 3.63. The number of nitrogens with zero attached hydrogens (tertiary/aromatic N) is 5. The van der Waals surface area contributed by atoms with Crippen LogP contribution in [0.15, 0.2) is 88.5 Å². The molecule has 8 nitrogen and oxygen atoms in total. The smallest absolute Gasteiger partial charge is 0.240 e. The van der Waals surface area contributed by atoms with Gasteiger partial charge >= 0.3 is 0 Å². The summed E-state index contributed by atoms with van der Waals surface area (Å²) in [6, 6.07) is 25.2. The lowest BCUT2D eigenvalue weighted by Crippen LogP contribution is -2.02. The number of benzene rings is 3. The van der Waals surface area contributed by atoms with E-state index in [1.807, 2.05) is 90.4 Å². The Bertz CT molecular complexity index is 1420. The van der Waals surface area contributed by atoms with Gasteiger partial charge in [-0.3, -0.25) is 4.57 Å². The van der Waals surface area contributed by atoms with Gasteiger partial charge in [0.2, 0.25) is 11.7 Å². The zero-order valence-corrected chi connectivity index (χ0v) is 20.3. The molecule has 35 heavy (non-hydrogen) atoms. The van der Waals surface area contributed by atoms with Crippen molar-refractivity contribution in [3.63, 3.8) is 0 Å². The van der Waals surface area contributed by atoms with Gasteiger partial charge in [0.25, 0.3) is 0 Å². The molecule has 0 radical (unpaired) electrons. The Hall–Kier alpha value is -4.11. The number of rotatable bonds is 8. The summed E-state index contributed by atoms with van der Waals surface area (Å²) in [4.78, 5) is 4.60. The SMILES string of the molecule is COc1ccc(-n2c(SC(C)c3nc(-c4ccccc4)no3)nnc2-c2ccccc2OC)cc1. The van der Waals surface area contributed by atoms with Gasteiger partial charge in [-0.05, 0) is 43.3 Å². The van der Waals surface area contributed by atoms with E-state index in [2.05, 4.69) is 20.3 Å². The molecule has 0 N–H and O–H groups in total. The Kier molecular flexibility index (Phi) is 6.49. The van der Waals surface area contributed by atoms with Crippen LogP contribution in [0.3, 0.4) is 0 Å². The van der Waals surface area contributed by atoms with Crippen LogP contribution in [0.25, 0.3) is 28.5 Å². The molecule has 0 aliphatic heterocycles. The molecule has 0 saturated heterocycles. The molecule has 9 heteroatoms. The number of ether oxygens (including phenoxy) is 2. The molecular weight excluding hydrogens is 462 g/mol. The fraction of sp³-hybridized carbons (Fsp3) is 0.154. The highest BCUT2D eigenvalue weighted by atomic mass is 32.2. The van der Waals surface area contributed by atoms with Gasteiger partial charge in [0.05, 0.1) is 30.7 Å². The van der Waals surface area contributed by atoms with Crippen molar-refractivity contribution < 1.29 is 14.0 Å². The summed E-state index contributed by atoms with van der Waals surface area (Å²) in [5, 5.41) is 13.7. The molecular formula is C26H23N5O3S. The maximum Gasteiger partial charge on any atom is 0.240 e. The third-order valence-electron chi connectivity index (χ3n) is 5.42. The van der Waals surface area contributed by atoms with Crippen LogP contribution < -0.4 is 9.47 Å². The molecule has 0 amide bonds. The van der Waals surface area contributed by atoms with E-state index in [0.29, 0.717) is 28.4 Å². The van der Waals surface area contributed by atoms with E-state index in [0.717, 1.165) is 22.6 Å². The first kappa shape index (κ1) is 22.7. The van der Waals surface area contributed by atoms with Crippen LogP contribution in [0.1, 0.15) is 18.1 Å². The second kappa shape index (κ2) is 10.0. The van der Waals surface area contributed by atoms with Crippen LogP contribution in [-0.2, 0) is 0 Å². The molecule has 5 aromatic rings. The maximum atomic E-state index is 5.59. The molecule has 2 heterocycles. The van der Waals surface area contributed by atoms with Crippen molar-refractivity contribution in [2.45, 2.75) is 17.3 Å². The van der Waals surface area contributed by atoms with Crippen molar-refractivity contribution in [2.24, 2.45) is 0 Å². The second-order valence-electron chi connectivity index (χ2n) is 7.62. The minimum absolute atomic E-state index is 0.160. The first-order valence-corrected chi connectivity index (χ1v) is 11.8. The fourth-order valence-corrected chi connectivity index (χ4v) is 4.53. The monoisotopic (exact) mass is 485 g/mol. The lowest BCUT2D eigenvalue weighted by molar-refractivity contribution is 0.380. The van der Waals surface area contributed by atoms with Crippen LogP contribution in [0.5, 0.6) is 11.5 Å². The number of hydrogen-bond donors (Lipinski definition) is 0. The highest BCUT2D eigenvalue weighted by molar-refractivity contribution is 7.99. The maximum absolute atomic E-state index is 5.59. The molecule has 1 unspecified atom stereocenters. The summed E-state index contributed by atoms with van der Waals surface area (Å²) >= 11 is 1.49. The molecule has 0 aliphatic rings. The predicted molar refractivity (Wildman–Crippen MR) is 134 cm³/mol. The third kappa shape index (κ3) is 4.63. The number of aromatic nitrogens is 5. The van der Waals surface area contributed by atoms with Crippen molar-refractivity contribution in [2.75, 3.05) is 14.2 Å². The van der Waals surface area contributed by atoms with Gasteiger partial charge in [-0.25, -0.2) is 0 Å². The van der Waals surface area contributed by atoms with Crippen molar-refractivity contribution in [3.8, 4) is 40.0 Å². The predicted octanol–water partition coefficient (Wildman–Crippen LogP) is 5.85. The number of methoxy groups -OCH3 is 2. The average Bonchev–Trinajstić information content (AvgIpc) is 3.57. The van der Waals surface area contributed by atoms with E-state index < -0.39 is 0 Å². The first-order chi connectivity index (χ1) is 17.2. The molecule has 0 fully saturated rings. The standard InChI is InChI=1S/C26H23N5O3S/c1-17(25-27-23(30-34-25)18-9-5-4-6-10-18)35-26-29-28-24(21-11-7-8-12-22(21)33-3)31(26)19-13-15-20(32-2)16-14-19/h4-17H,1-3H3. The van der Waals surface area contributed by atoms with Crippen LogP contribution in [0.4, 0.5) is 0 Å². The Morgan fingerprint density at radius 1 is 0.857 bits per heavy atom. The first-order valence-electron chi connectivity index (χ1n) is 11.0. The molecule has 5 rings (SSSR count). The summed E-state index contributed by atoms with van der Waals surface area (Å²) in [6.07, 6.45) is 0. The topological polar surface area (TPSA) is 88.1 Å². The van der Waals surface area contributed by atoms with Crippen molar-refractivity contribution >= 4 is 11.8 Å². The molecule has 0 aliphatic carbocycles. The average molecular weight is 486 g/mol. The van der Waals surface area contributed by atoms with Crippen molar-refractivity contribution in [3.05, 3.63) is 84.8 Å². The van der Waals surface area contributed by atoms with Gasteiger partial charge in [0.1, 0.15) is 11.5 Å². The minimum atomic E-state index is -0.160. The number of thioether (sulfide) groups is 1. The molecule has 2 aromatic heterocycles. The summed E-state index contributed by atoms with van der Waals surface area (Å²) in [6.45, 7) is 2.00. The highest BCUT2D eigenvalue weighted by Gasteiger charge is 2.24. The summed E-state index contributed by atoms with van der Waals surface area (Å²) in [5.74, 6) is 3.21. The summed E-state index contributed by atoms with van der Waals surface area (Å²) in [5.41, 5.74) is 2.63. The molecule has 176 valence electrons. The third-order valence-corrected chi connectivity index (χ3v) is 6.45. The molecule has 3 aromatic carbocycles. The van der Waals surface area contributed by atoms with E-state index in [4.69, 9.17) is 14.0 Å². The van der Waals surface area contributed by atoms with Crippen LogP contribution in [0, 0.1) is 0 Å². The van der Waals surface area contributed by atoms with E-state index in [1.54, 1.807) is 14.2 Å². The minimum Gasteiger partial charge on any atom is -0.497 e. The molecule has 0 spiro atoms. The lowest BCUT2D eigenvalue weighted by Gasteiger charge is -2.14. The Balaban J connectivity index is 1.52. The van der Waals surface area contributed by atoms with Gasteiger partial charge in [0, 0.05) is 5.56 Å². The van der Waals surface area contributed by atoms with E-state index >= 15 is 0 Å².